The highest BCUT2D eigenvalue weighted by molar-refractivity contribution is 5.31. The predicted octanol–water partition coefficient (Wildman–Crippen LogP) is 3.11. The van der Waals surface area contributed by atoms with Crippen molar-refractivity contribution in [3.05, 3.63) is 34.9 Å². The van der Waals surface area contributed by atoms with Crippen molar-refractivity contribution < 1.29 is 0 Å². The third kappa shape index (κ3) is 2.56. The zero-order chi connectivity index (χ0) is 13.4. The van der Waals surface area contributed by atoms with Crippen LogP contribution in [-0.2, 0) is 6.42 Å². The van der Waals surface area contributed by atoms with E-state index in [-0.39, 0.29) is 0 Å². The molecule has 1 aromatic carbocycles. The van der Waals surface area contributed by atoms with Crippen LogP contribution in [0, 0.1) is 31.6 Å². The molecule has 2 fully saturated rings. The van der Waals surface area contributed by atoms with Gasteiger partial charge in [-0.25, -0.2) is 0 Å². The number of benzene rings is 1. The van der Waals surface area contributed by atoms with Gasteiger partial charge in [0.2, 0.25) is 0 Å². The van der Waals surface area contributed by atoms with Crippen molar-refractivity contribution in [1.29, 1.82) is 0 Å². The Bertz CT molecular complexity index is 443. The lowest BCUT2D eigenvalue weighted by atomic mass is 9.96. The Morgan fingerprint density at radius 2 is 1.89 bits per heavy atom. The average molecular weight is 258 g/mol. The van der Waals surface area contributed by atoms with Crippen LogP contribution in [-0.4, -0.2) is 6.04 Å². The smallest absolute Gasteiger partial charge is 0.0284 e. The van der Waals surface area contributed by atoms with E-state index in [0.29, 0.717) is 6.04 Å². The Kier molecular flexibility index (Phi) is 3.64. The van der Waals surface area contributed by atoms with Crippen molar-refractivity contribution in [2.24, 2.45) is 23.6 Å². The molecular formula is C17H26N2. The van der Waals surface area contributed by atoms with Gasteiger partial charge in [-0.2, -0.15) is 0 Å². The molecule has 0 spiro atoms. The SMILES string of the molecule is Cc1ccc(C)c(CC(NN)C2C3CCCCC32)c1. The maximum absolute atomic E-state index is 5.85. The summed E-state index contributed by atoms with van der Waals surface area (Å²) in [5.74, 6) is 8.60. The van der Waals surface area contributed by atoms with Crippen LogP contribution in [0.2, 0.25) is 0 Å². The first kappa shape index (κ1) is 13.1. The highest BCUT2D eigenvalue weighted by atomic mass is 15.2. The number of aryl methyl sites for hydroxylation is 2. The van der Waals surface area contributed by atoms with E-state index in [1.807, 2.05) is 0 Å². The second-order valence-corrected chi connectivity index (χ2v) is 6.60. The molecule has 2 nitrogen and oxygen atoms in total. The summed E-state index contributed by atoms with van der Waals surface area (Å²) in [6.07, 6.45) is 6.80. The van der Waals surface area contributed by atoms with Crippen LogP contribution >= 0.6 is 0 Å². The van der Waals surface area contributed by atoms with Crippen molar-refractivity contribution in [1.82, 2.24) is 5.43 Å². The van der Waals surface area contributed by atoms with Crippen LogP contribution in [0.5, 0.6) is 0 Å². The van der Waals surface area contributed by atoms with Crippen LogP contribution in [0.1, 0.15) is 42.4 Å². The topological polar surface area (TPSA) is 38.0 Å². The number of hydrazine groups is 1. The summed E-state index contributed by atoms with van der Waals surface area (Å²) < 4.78 is 0. The second-order valence-electron chi connectivity index (χ2n) is 6.60. The summed E-state index contributed by atoms with van der Waals surface area (Å²) >= 11 is 0. The summed E-state index contributed by atoms with van der Waals surface area (Å²) in [6.45, 7) is 4.38. The van der Waals surface area contributed by atoms with Crippen molar-refractivity contribution >= 4 is 0 Å². The Hall–Kier alpha value is -0.860. The zero-order valence-electron chi connectivity index (χ0n) is 12.2. The molecule has 0 bridgehead atoms. The van der Waals surface area contributed by atoms with Gasteiger partial charge in [0, 0.05) is 6.04 Å². The first-order chi connectivity index (χ1) is 9.20. The average Bonchev–Trinajstić information content (AvgIpc) is 3.14. The van der Waals surface area contributed by atoms with Gasteiger partial charge in [-0.1, -0.05) is 36.6 Å². The fourth-order valence-corrected chi connectivity index (χ4v) is 4.21. The fourth-order valence-electron chi connectivity index (χ4n) is 4.21. The molecule has 2 heteroatoms. The van der Waals surface area contributed by atoms with Gasteiger partial charge >= 0.3 is 0 Å². The second kappa shape index (κ2) is 5.26. The summed E-state index contributed by atoms with van der Waals surface area (Å²) in [6, 6.07) is 7.22. The molecule has 3 atom stereocenters. The maximum Gasteiger partial charge on any atom is 0.0284 e. The third-order valence-electron chi connectivity index (χ3n) is 5.35. The maximum atomic E-state index is 5.85. The largest absolute Gasteiger partial charge is 0.271 e. The molecule has 0 aromatic heterocycles. The lowest BCUT2D eigenvalue weighted by Gasteiger charge is -2.18. The molecule has 2 aliphatic carbocycles. The number of nitrogens with one attached hydrogen (secondary N) is 1. The molecule has 0 radical (unpaired) electrons. The van der Waals surface area contributed by atoms with Crippen molar-refractivity contribution in [2.45, 2.75) is 52.0 Å². The lowest BCUT2D eigenvalue weighted by molar-refractivity contribution is 0.436. The molecule has 3 unspecified atom stereocenters. The minimum absolute atomic E-state index is 0.466. The minimum atomic E-state index is 0.466. The molecule has 19 heavy (non-hydrogen) atoms. The van der Waals surface area contributed by atoms with Crippen LogP contribution in [0.25, 0.3) is 0 Å². The molecule has 3 rings (SSSR count). The van der Waals surface area contributed by atoms with E-state index in [1.165, 1.54) is 42.4 Å². The number of hydrogen-bond donors (Lipinski definition) is 2. The highest BCUT2D eigenvalue weighted by Gasteiger charge is 2.53. The van der Waals surface area contributed by atoms with Crippen molar-refractivity contribution in [2.75, 3.05) is 0 Å². The Balaban J connectivity index is 1.72. The van der Waals surface area contributed by atoms with Gasteiger partial charge < -0.3 is 0 Å². The van der Waals surface area contributed by atoms with E-state index in [0.717, 1.165) is 24.2 Å². The van der Waals surface area contributed by atoms with E-state index in [4.69, 9.17) is 5.84 Å². The molecule has 104 valence electrons. The summed E-state index contributed by atoms with van der Waals surface area (Å²) in [4.78, 5) is 0. The van der Waals surface area contributed by atoms with Crippen LogP contribution in [0.4, 0.5) is 0 Å². The molecular weight excluding hydrogens is 232 g/mol. The van der Waals surface area contributed by atoms with Gasteiger partial charge in [0.15, 0.2) is 0 Å². The first-order valence-electron chi connectivity index (χ1n) is 7.73. The number of nitrogens with two attached hydrogens (primary N) is 1. The Morgan fingerprint density at radius 3 is 2.53 bits per heavy atom. The standard InChI is InChI=1S/C17H26N2/c1-11-7-8-12(2)13(9-11)10-16(19-18)17-14-5-3-4-6-15(14)17/h7-9,14-17,19H,3-6,10,18H2,1-2H3. The number of rotatable bonds is 4. The van der Waals surface area contributed by atoms with Gasteiger partial charge in [0.05, 0.1) is 0 Å². The van der Waals surface area contributed by atoms with Gasteiger partial charge in [0.1, 0.15) is 0 Å². The highest BCUT2D eigenvalue weighted by Crippen LogP contribution is 2.57. The van der Waals surface area contributed by atoms with Gasteiger partial charge in [-0.15, -0.1) is 0 Å². The molecule has 0 aliphatic heterocycles. The normalized spacial score (nSPS) is 30.8. The Morgan fingerprint density at radius 1 is 1.21 bits per heavy atom. The van der Waals surface area contributed by atoms with Gasteiger partial charge in [-0.05, 0) is 62.0 Å². The van der Waals surface area contributed by atoms with Crippen LogP contribution < -0.4 is 11.3 Å². The van der Waals surface area contributed by atoms with Crippen LogP contribution in [0.3, 0.4) is 0 Å². The molecule has 3 N–H and O–H groups in total. The van der Waals surface area contributed by atoms with E-state index < -0.39 is 0 Å². The monoisotopic (exact) mass is 258 g/mol. The zero-order valence-corrected chi connectivity index (χ0v) is 12.2. The molecule has 1 aromatic rings. The van der Waals surface area contributed by atoms with Gasteiger partial charge in [-0.3, -0.25) is 11.3 Å². The number of hydrogen-bond acceptors (Lipinski definition) is 2. The van der Waals surface area contributed by atoms with Crippen LogP contribution in [0.15, 0.2) is 18.2 Å². The predicted molar refractivity (Wildman–Crippen MR) is 79.7 cm³/mol. The first-order valence-corrected chi connectivity index (χ1v) is 7.73. The summed E-state index contributed by atoms with van der Waals surface area (Å²) in [7, 11) is 0. The summed E-state index contributed by atoms with van der Waals surface area (Å²) in [5, 5.41) is 0. The summed E-state index contributed by atoms with van der Waals surface area (Å²) in [5.41, 5.74) is 7.33. The Labute approximate surface area is 116 Å². The molecule has 0 heterocycles. The van der Waals surface area contributed by atoms with E-state index in [1.54, 1.807) is 0 Å². The van der Waals surface area contributed by atoms with Gasteiger partial charge in [0.25, 0.3) is 0 Å². The van der Waals surface area contributed by atoms with E-state index in [9.17, 15) is 0 Å². The van der Waals surface area contributed by atoms with E-state index >= 15 is 0 Å². The third-order valence-corrected chi connectivity index (χ3v) is 5.35. The number of fused-ring (bicyclic) bond motifs is 1. The molecule has 2 aliphatic rings. The van der Waals surface area contributed by atoms with E-state index in [2.05, 4.69) is 37.5 Å². The fraction of sp³-hybridized carbons (Fsp3) is 0.647. The molecule has 0 amide bonds. The van der Waals surface area contributed by atoms with Crippen molar-refractivity contribution in [3.63, 3.8) is 0 Å². The molecule has 2 saturated carbocycles. The molecule has 0 saturated heterocycles. The quantitative estimate of drug-likeness (QED) is 0.643. The lowest BCUT2D eigenvalue weighted by Crippen LogP contribution is -2.39. The van der Waals surface area contributed by atoms with Crippen molar-refractivity contribution in [3.8, 4) is 0 Å². The minimum Gasteiger partial charge on any atom is -0.271 e.